The molecule has 0 atom stereocenters. The first-order chi connectivity index (χ1) is 6.50. The first kappa shape index (κ1) is 11.3. The van der Waals surface area contributed by atoms with Crippen LogP contribution in [0.1, 0.15) is 25.5 Å². The highest BCUT2D eigenvalue weighted by molar-refractivity contribution is 9.11. The van der Waals surface area contributed by atoms with E-state index in [2.05, 4.69) is 46.8 Å². The summed E-state index contributed by atoms with van der Waals surface area (Å²) in [6.45, 7) is 8.78. The molecule has 0 fully saturated rings. The lowest BCUT2D eigenvalue weighted by Gasteiger charge is -2.06. The topological polar surface area (TPSA) is 29.9 Å². The summed E-state index contributed by atoms with van der Waals surface area (Å²) in [4.78, 5) is 0. The van der Waals surface area contributed by atoms with Crippen LogP contribution >= 0.6 is 15.9 Å². The second-order valence-electron chi connectivity index (χ2n) is 3.63. The molecule has 0 aromatic carbocycles. The van der Waals surface area contributed by atoms with Crippen molar-refractivity contribution in [3.05, 3.63) is 23.0 Å². The molecule has 1 rings (SSSR count). The number of halogens is 1. The Kier molecular flexibility index (Phi) is 3.75. The van der Waals surface area contributed by atoms with Gasteiger partial charge in [-0.1, -0.05) is 36.4 Å². The van der Waals surface area contributed by atoms with Gasteiger partial charge in [-0.15, -0.1) is 0 Å². The fourth-order valence-electron chi connectivity index (χ4n) is 1.26. The molecular formula is C10H16BrN3. The zero-order valence-electron chi connectivity index (χ0n) is 8.84. The number of hydrogen-bond donors (Lipinski definition) is 1. The van der Waals surface area contributed by atoms with E-state index in [1.807, 2.05) is 17.9 Å². The van der Waals surface area contributed by atoms with Crippen LogP contribution in [-0.2, 0) is 7.05 Å². The number of rotatable bonds is 4. The summed E-state index contributed by atoms with van der Waals surface area (Å²) in [7, 11) is 1.93. The van der Waals surface area contributed by atoms with E-state index in [0.717, 1.165) is 22.4 Å². The summed E-state index contributed by atoms with van der Waals surface area (Å²) in [5.41, 5.74) is 2.18. The molecule has 4 heteroatoms. The molecule has 0 bridgehead atoms. The van der Waals surface area contributed by atoms with Crippen LogP contribution in [0, 0.1) is 0 Å². The first-order valence-corrected chi connectivity index (χ1v) is 5.40. The standard InChI is InChI=1S/C10H16BrN3/c1-7(2)10-9(6-14(4)13-10)12-5-8(3)11/h6-7,12H,3,5H2,1-2,4H3. The fraction of sp³-hybridized carbons (Fsp3) is 0.500. The second kappa shape index (κ2) is 4.64. The molecule has 0 unspecified atom stereocenters. The van der Waals surface area contributed by atoms with E-state index in [9.17, 15) is 0 Å². The van der Waals surface area contributed by atoms with Crippen molar-refractivity contribution in [2.45, 2.75) is 19.8 Å². The lowest BCUT2D eigenvalue weighted by Crippen LogP contribution is -2.03. The zero-order valence-corrected chi connectivity index (χ0v) is 10.4. The van der Waals surface area contributed by atoms with Crippen molar-refractivity contribution in [2.24, 2.45) is 7.05 Å². The fourth-order valence-corrected chi connectivity index (χ4v) is 1.40. The summed E-state index contributed by atoms with van der Waals surface area (Å²) in [5, 5.41) is 7.68. The average molecular weight is 258 g/mol. The van der Waals surface area contributed by atoms with Gasteiger partial charge >= 0.3 is 0 Å². The lowest BCUT2D eigenvalue weighted by molar-refractivity contribution is 0.713. The molecule has 1 heterocycles. The predicted octanol–water partition coefficient (Wildman–Crippen LogP) is 2.86. The Morgan fingerprint density at radius 1 is 1.71 bits per heavy atom. The van der Waals surface area contributed by atoms with Gasteiger partial charge in [0.2, 0.25) is 0 Å². The molecule has 0 saturated heterocycles. The van der Waals surface area contributed by atoms with Crippen LogP contribution in [0.3, 0.4) is 0 Å². The molecule has 1 aromatic heterocycles. The van der Waals surface area contributed by atoms with Crippen LogP contribution in [0.4, 0.5) is 5.69 Å². The summed E-state index contributed by atoms with van der Waals surface area (Å²) < 4.78 is 2.77. The molecule has 0 saturated carbocycles. The Morgan fingerprint density at radius 3 is 2.86 bits per heavy atom. The van der Waals surface area contributed by atoms with Crippen molar-refractivity contribution in [3.63, 3.8) is 0 Å². The highest BCUT2D eigenvalue weighted by atomic mass is 79.9. The molecular weight excluding hydrogens is 242 g/mol. The number of nitrogens with zero attached hydrogens (tertiary/aromatic N) is 2. The number of aromatic nitrogens is 2. The Bertz CT molecular complexity index is 328. The maximum Gasteiger partial charge on any atom is 0.0881 e. The highest BCUT2D eigenvalue weighted by Crippen LogP contribution is 2.22. The minimum Gasteiger partial charge on any atom is -0.378 e. The molecule has 0 aliphatic rings. The minimum absolute atomic E-state index is 0.433. The van der Waals surface area contributed by atoms with E-state index >= 15 is 0 Å². The Labute approximate surface area is 93.3 Å². The van der Waals surface area contributed by atoms with Crippen LogP contribution in [0.2, 0.25) is 0 Å². The highest BCUT2D eigenvalue weighted by Gasteiger charge is 2.10. The third-order valence-corrected chi connectivity index (χ3v) is 2.16. The minimum atomic E-state index is 0.433. The lowest BCUT2D eigenvalue weighted by atomic mass is 10.1. The molecule has 3 nitrogen and oxygen atoms in total. The van der Waals surface area contributed by atoms with E-state index in [0.29, 0.717) is 5.92 Å². The third kappa shape index (κ3) is 2.87. The SMILES string of the molecule is C=C(Br)CNc1cn(C)nc1C(C)C. The van der Waals surface area contributed by atoms with Gasteiger partial charge in [0.15, 0.2) is 0 Å². The molecule has 0 aliphatic heterocycles. The molecule has 1 N–H and O–H groups in total. The van der Waals surface area contributed by atoms with Crippen molar-refractivity contribution in [2.75, 3.05) is 11.9 Å². The summed E-state index contributed by atoms with van der Waals surface area (Å²) >= 11 is 3.32. The summed E-state index contributed by atoms with van der Waals surface area (Å²) in [6.07, 6.45) is 1.99. The van der Waals surface area contributed by atoms with Gasteiger partial charge in [-0.2, -0.15) is 5.10 Å². The number of nitrogens with one attached hydrogen (secondary N) is 1. The van der Waals surface area contributed by atoms with Crippen LogP contribution in [0.15, 0.2) is 17.3 Å². The van der Waals surface area contributed by atoms with E-state index in [1.54, 1.807) is 0 Å². The van der Waals surface area contributed by atoms with Gasteiger partial charge in [0.1, 0.15) is 0 Å². The monoisotopic (exact) mass is 257 g/mol. The van der Waals surface area contributed by atoms with Gasteiger partial charge in [0.25, 0.3) is 0 Å². The molecule has 0 aliphatic carbocycles. The molecule has 0 amide bonds. The van der Waals surface area contributed by atoms with Gasteiger partial charge in [-0.05, 0) is 5.92 Å². The number of aryl methyl sites for hydroxylation is 1. The van der Waals surface area contributed by atoms with E-state index in [4.69, 9.17) is 0 Å². The van der Waals surface area contributed by atoms with Gasteiger partial charge in [-0.25, -0.2) is 0 Å². The second-order valence-corrected chi connectivity index (χ2v) is 4.75. The maximum atomic E-state index is 4.40. The van der Waals surface area contributed by atoms with Gasteiger partial charge in [0, 0.05) is 24.3 Å². The molecule has 0 radical (unpaired) electrons. The maximum absolute atomic E-state index is 4.40. The molecule has 78 valence electrons. The average Bonchev–Trinajstić information content (AvgIpc) is 2.43. The van der Waals surface area contributed by atoms with Crippen molar-refractivity contribution < 1.29 is 0 Å². The van der Waals surface area contributed by atoms with E-state index in [-0.39, 0.29) is 0 Å². The van der Waals surface area contributed by atoms with Gasteiger partial charge in [-0.3, -0.25) is 4.68 Å². The summed E-state index contributed by atoms with van der Waals surface area (Å²) in [5.74, 6) is 0.433. The Hall–Kier alpha value is -0.770. The Morgan fingerprint density at radius 2 is 2.36 bits per heavy atom. The van der Waals surface area contributed by atoms with Crippen molar-refractivity contribution in [1.29, 1.82) is 0 Å². The van der Waals surface area contributed by atoms with Crippen molar-refractivity contribution in [1.82, 2.24) is 9.78 Å². The summed E-state index contributed by atoms with van der Waals surface area (Å²) in [6, 6.07) is 0. The van der Waals surface area contributed by atoms with Gasteiger partial charge in [0.05, 0.1) is 11.4 Å². The third-order valence-electron chi connectivity index (χ3n) is 1.87. The molecule has 0 spiro atoms. The normalized spacial score (nSPS) is 10.6. The predicted molar refractivity (Wildman–Crippen MR) is 63.9 cm³/mol. The van der Waals surface area contributed by atoms with Crippen molar-refractivity contribution >= 4 is 21.6 Å². The van der Waals surface area contributed by atoms with Crippen molar-refractivity contribution in [3.8, 4) is 0 Å². The van der Waals surface area contributed by atoms with Crippen LogP contribution in [0.25, 0.3) is 0 Å². The van der Waals surface area contributed by atoms with Crippen LogP contribution in [0.5, 0.6) is 0 Å². The van der Waals surface area contributed by atoms with Gasteiger partial charge < -0.3 is 5.32 Å². The van der Waals surface area contributed by atoms with E-state index in [1.165, 1.54) is 0 Å². The quantitative estimate of drug-likeness (QED) is 0.899. The zero-order chi connectivity index (χ0) is 10.7. The van der Waals surface area contributed by atoms with Crippen LogP contribution in [-0.4, -0.2) is 16.3 Å². The van der Waals surface area contributed by atoms with E-state index < -0.39 is 0 Å². The smallest absolute Gasteiger partial charge is 0.0881 e. The Balaban J connectivity index is 2.79. The largest absolute Gasteiger partial charge is 0.378 e. The number of anilines is 1. The van der Waals surface area contributed by atoms with Crippen LogP contribution < -0.4 is 5.32 Å². The molecule has 1 aromatic rings. The first-order valence-electron chi connectivity index (χ1n) is 4.61. The molecule has 14 heavy (non-hydrogen) atoms. The number of hydrogen-bond acceptors (Lipinski definition) is 2.